The van der Waals surface area contributed by atoms with E-state index in [0.717, 1.165) is 74.8 Å². The largest absolute Gasteiger partial charge is 0.379 e. The van der Waals surface area contributed by atoms with Gasteiger partial charge < -0.3 is 4.74 Å². The topological polar surface area (TPSA) is 65.6 Å². The summed E-state index contributed by atoms with van der Waals surface area (Å²) in [5, 5.41) is 11.3. The molecule has 0 spiro atoms. The number of piperidine rings is 1. The quantitative estimate of drug-likeness (QED) is 0.615. The Balaban J connectivity index is 1.62. The molecule has 0 amide bonds. The van der Waals surface area contributed by atoms with E-state index in [4.69, 9.17) is 14.1 Å². The van der Waals surface area contributed by atoms with Crippen LogP contribution in [-0.2, 0) is 10.3 Å². The Morgan fingerprint density at radius 1 is 0.818 bits per heavy atom. The second kappa shape index (κ2) is 9.02. The van der Waals surface area contributed by atoms with Crippen LogP contribution in [-0.4, -0.2) is 77.4 Å². The zero-order chi connectivity index (χ0) is 22.1. The molecule has 0 bridgehead atoms. The highest BCUT2D eigenvalue weighted by Gasteiger charge is 2.63. The maximum atomic E-state index is 5.81. The molecular weight excluding hydrogens is 432 g/mol. The number of nitrogens with zero attached hydrogens (tertiary/aromatic N) is 4. The second-order valence-electron chi connectivity index (χ2n) is 9.20. The van der Waals surface area contributed by atoms with E-state index < -0.39 is 11.3 Å². The molecule has 8 heteroatoms. The van der Waals surface area contributed by atoms with Crippen molar-refractivity contribution in [1.82, 2.24) is 29.8 Å². The Morgan fingerprint density at radius 3 is 2.42 bits per heavy atom. The molecule has 0 aliphatic carbocycles. The Bertz CT molecular complexity index is 1060. The first-order valence-corrected chi connectivity index (χ1v) is 13.0. The third kappa shape index (κ3) is 3.43. The lowest BCUT2D eigenvalue weighted by atomic mass is 9.77. The molecule has 7 nitrogen and oxygen atoms in total. The van der Waals surface area contributed by atoms with Crippen LogP contribution in [0, 0.1) is 0 Å². The van der Waals surface area contributed by atoms with Gasteiger partial charge in [-0.15, -0.1) is 0 Å². The summed E-state index contributed by atoms with van der Waals surface area (Å²) in [7, 11) is 0. The lowest BCUT2D eigenvalue weighted by Crippen LogP contribution is -2.85. The molecule has 3 fully saturated rings. The molecule has 1 aromatic carbocycles. The molecule has 2 aromatic heterocycles. The minimum absolute atomic E-state index is 0.473. The minimum Gasteiger partial charge on any atom is -0.379 e. The lowest BCUT2D eigenvalue weighted by molar-refractivity contribution is -0.179. The Labute approximate surface area is 199 Å². The van der Waals surface area contributed by atoms with Crippen molar-refractivity contribution >= 4 is 22.4 Å². The third-order valence-corrected chi connectivity index (χ3v) is 8.06. The first-order chi connectivity index (χ1) is 16.3. The molecular formula is C25H32N6OS. The number of pyridine rings is 1. The van der Waals surface area contributed by atoms with Crippen LogP contribution in [0.2, 0.25) is 0 Å². The van der Waals surface area contributed by atoms with Crippen LogP contribution in [0.1, 0.15) is 30.7 Å². The number of hydrogen-bond acceptors (Lipinski definition) is 8. The highest BCUT2D eigenvalue weighted by Crippen LogP contribution is 2.45. The molecule has 3 saturated heterocycles. The van der Waals surface area contributed by atoms with Crippen LogP contribution in [0.25, 0.3) is 10.9 Å². The van der Waals surface area contributed by atoms with Crippen molar-refractivity contribution in [2.45, 2.75) is 30.6 Å². The van der Waals surface area contributed by atoms with Crippen LogP contribution in [0.4, 0.5) is 0 Å². The average molecular weight is 465 g/mol. The summed E-state index contributed by atoms with van der Waals surface area (Å²) in [4.78, 5) is 10.6. The van der Waals surface area contributed by atoms with Crippen molar-refractivity contribution in [3.8, 4) is 0 Å². The number of rotatable bonds is 4. The van der Waals surface area contributed by atoms with Crippen molar-refractivity contribution in [2.75, 3.05) is 52.5 Å². The van der Waals surface area contributed by atoms with Gasteiger partial charge in [0.2, 0.25) is 0 Å². The zero-order valence-electron chi connectivity index (χ0n) is 19.0. The standard InChI is InChI=1S/C25H32N6OS/c1-4-13-30(14-5-1)25(31-15-17-32-18-16-31)24(26-11-12-27-25,23-10-19-33-29-23)22-9-8-20-6-2-3-7-21(20)28-22/h2-3,6-10,19,26-27H,1,4-5,11-18H2. The number of hydrogen-bond donors (Lipinski definition) is 2. The van der Waals surface area contributed by atoms with Crippen molar-refractivity contribution in [2.24, 2.45) is 0 Å². The van der Waals surface area contributed by atoms with Crippen molar-refractivity contribution in [3.63, 3.8) is 0 Å². The molecule has 5 heterocycles. The van der Waals surface area contributed by atoms with E-state index >= 15 is 0 Å². The van der Waals surface area contributed by atoms with Crippen LogP contribution >= 0.6 is 11.5 Å². The van der Waals surface area contributed by atoms with Gasteiger partial charge in [0.15, 0.2) is 11.3 Å². The summed E-state index contributed by atoms with van der Waals surface area (Å²) in [5.74, 6) is -0.473. The molecule has 2 unspecified atom stereocenters. The van der Waals surface area contributed by atoms with Crippen molar-refractivity contribution in [3.05, 3.63) is 59.2 Å². The Morgan fingerprint density at radius 2 is 1.61 bits per heavy atom. The molecule has 2 N–H and O–H groups in total. The minimum atomic E-state index is -0.607. The van der Waals surface area contributed by atoms with E-state index in [1.807, 2.05) is 0 Å². The predicted molar refractivity (Wildman–Crippen MR) is 131 cm³/mol. The predicted octanol–water partition coefficient (Wildman–Crippen LogP) is 2.60. The fourth-order valence-electron chi connectivity index (χ4n) is 6.10. The number of piperazine rings is 1. The van der Waals surface area contributed by atoms with Crippen LogP contribution in [0.15, 0.2) is 47.8 Å². The van der Waals surface area contributed by atoms with Crippen LogP contribution in [0.3, 0.4) is 0 Å². The SMILES string of the molecule is c1ccc2nc(C3(c4ccsn4)NCCNC3(N3CCCCC3)N3CCOCC3)ccc2c1. The number of aromatic nitrogens is 2. The van der Waals surface area contributed by atoms with Gasteiger partial charge in [-0.2, -0.15) is 4.37 Å². The Hall–Kier alpha value is -1.94. The normalized spacial score (nSPS) is 29.9. The molecule has 174 valence electrons. The lowest BCUT2D eigenvalue weighted by Gasteiger charge is -2.63. The van der Waals surface area contributed by atoms with Gasteiger partial charge in [-0.05, 0) is 42.6 Å². The highest BCUT2D eigenvalue weighted by atomic mass is 32.1. The van der Waals surface area contributed by atoms with E-state index in [9.17, 15) is 0 Å². The highest BCUT2D eigenvalue weighted by molar-refractivity contribution is 7.03. The summed E-state index contributed by atoms with van der Waals surface area (Å²) < 4.78 is 10.8. The third-order valence-electron chi connectivity index (χ3n) is 7.50. The van der Waals surface area contributed by atoms with Gasteiger partial charge in [0, 0.05) is 50.0 Å². The molecule has 6 rings (SSSR count). The molecule has 2 atom stereocenters. The van der Waals surface area contributed by atoms with E-state index in [1.165, 1.54) is 30.8 Å². The smallest absolute Gasteiger partial charge is 0.159 e. The van der Waals surface area contributed by atoms with Crippen molar-refractivity contribution in [1.29, 1.82) is 0 Å². The first-order valence-electron chi connectivity index (χ1n) is 12.2. The molecule has 3 aliphatic rings. The molecule has 3 aromatic rings. The van der Waals surface area contributed by atoms with E-state index in [-0.39, 0.29) is 0 Å². The monoisotopic (exact) mass is 464 g/mol. The van der Waals surface area contributed by atoms with Crippen LogP contribution < -0.4 is 10.6 Å². The fourth-order valence-corrected chi connectivity index (χ4v) is 6.66. The number of para-hydroxylation sites is 1. The van der Waals surface area contributed by atoms with Gasteiger partial charge in [-0.1, -0.05) is 30.7 Å². The first kappa shape index (κ1) is 21.6. The van der Waals surface area contributed by atoms with Crippen molar-refractivity contribution < 1.29 is 4.74 Å². The zero-order valence-corrected chi connectivity index (χ0v) is 19.8. The number of fused-ring (bicyclic) bond motifs is 1. The maximum absolute atomic E-state index is 5.81. The van der Waals surface area contributed by atoms with Gasteiger partial charge in [0.25, 0.3) is 0 Å². The van der Waals surface area contributed by atoms with Crippen LogP contribution in [0.5, 0.6) is 0 Å². The number of ether oxygens (including phenoxy) is 1. The number of morpholine rings is 1. The summed E-state index contributed by atoms with van der Waals surface area (Å²) in [6, 6.07) is 15.0. The van der Waals surface area contributed by atoms with Gasteiger partial charge >= 0.3 is 0 Å². The average Bonchev–Trinajstić information content (AvgIpc) is 3.45. The molecule has 3 aliphatic heterocycles. The fraction of sp³-hybridized carbons (Fsp3) is 0.520. The van der Waals surface area contributed by atoms with E-state index in [1.54, 1.807) is 0 Å². The summed E-state index contributed by atoms with van der Waals surface area (Å²) in [6.07, 6.45) is 3.72. The summed E-state index contributed by atoms with van der Waals surface area (Å²) >= 11 is 1.52. The van der Waals surface area contributed by atoms with E-state index in [0.29, 0.717) is 0 Å². The van der Waals surface area contributed by atoms with Gasteiger partial charge in [-0.3, -0.25) is 25.4 Å². The van der Waals surface area contributed by atoms with Gasteiger partial charge in [-0.25, -0.2) is 0 Å². The van der Waals surface area contributed by atoms with E-state index in [2.05, 4.69) is 68.3 Å². The molecule has 0 saturated carbocycles. The maximum Gasteiger partial charge on any atom is 0.159 e. The Kier molecular flexibility index (Phi) is 5.90. The number of benzene rings is 1. The number of likely N-dealkylation sites (tertiary alicyclic amines) is 1. The molecule has 0 radical (unpaired) electrons. The molecule has 33 heavy (non-hydrogen) atoms. The van der Waals surface area contributed by atoms with Gasteiger partial charge in [0.05, 0.1) is 30.1 Å². The summed E-state index contributed by atoms with van der Waals surface area (Å²) in [6.45, 7) is 7.12. The number of nitrogens with one attached hydrogen (secondary N) is 2. The second-order valence-corrected chi connectivity index (χ2v) is 9.86. The van der Waals surface area contributed by atoms with Gasteiger partial charge in [0.1, 0.15) is 0 Å². The summed E-state index contributed by atoms with van der Waals surface area (Å²) in [5.41, 5.74) is 2.48.